The summed E-state index contributed by atoms with van der Waals surface area (Å²) in [6, 6.07) is 8.88. The Balaban J connectivity index is 2.64. The Morgan fingerprint density at radius 1 is 1.31 bits per heavy atom. The van der Waals surface area contributed by atoms with Crippen molar-refractivity contribution in [3.05, 3.63) is 34.9 Å². The Morgan fingerprint density at radius 3 is 2.44 bits per heavy atom. The van der Waals surface area contributed by atoms with Gasteiger partial charge in [0.25, 0.3) is 0 Å². The van der Waals surface area contributed by atoms with E-state index >= 15 is 0 Å². The average molecular weight is 216 g/mol. The van der Waals surface area contributed by atoms with Gasteiger partial charge in [-0.15, -0.1) is 0 Å². The topological polar surface area (TPSA) is 35.8 Å². The van der Waals surface area contributed by atoms with Gasteiger partial charge >= 0.3 is 0 Å². The molecule has 0 bridgehead atoms. The van der Waals surface area contributed by atoms with Gasteiger partial charge in [0.1, 0.15) is 0 Å². The Bertz CT molecular complexity index is 357. The molecule has 1 aromatic rings. The smallest absolute Gasteiger partial charge is 0.0638 e. The van der Waals surface area contributed by atoms with Gasteiger partial charge in [-0.3, -0.25) is 0 Å². The molecule has 1 aromatic carbocycles. The first-order valence-corrected chi connectivity index (χ1v) is 5.84. The van der Waals surface area contributed by atoms with Crippen molar-refractivity contribution >= 4 is 0 Å². The number of rotatable bonds is 5. The van der Waals surface area contributed by atoms with Gasteiger partial charge in [0.05, 0.1) is 12.5 Å². The van der Waals surface area contributed by atoms with E-state index in [9.17, 15) is 0 Å². The minimum absolute atomic E-state index is 0.309. The summed E-state index contributed by atoms with van der Waals surface area (Å²) in [4.78, 5) is 0. The maximum absolute atomic E-state index is 8.68. The SMILES string of the molecule is CCC(CC#N)NCc1c(C)cccc1C. The summed E-state index contributed by atoms with van der Waals surface area (Å²) in [5.74, 6) is 0. The third-order valence-electron chi connectivity index (χ3n) is 3.04. The van der Waals surface area contributed by atoms with Gasteiger partial charge in [0.15, 0.2) is 0 Å². The maximum Gasteiger partial charge on any atom is 0.0638 e. The second kappa shape index (κ2) is 6.30. The van der Waals surface area contributed by atoms with Crippen LogP contribution < -0.4 is 5.32 Å². The van der Waals surface area contributed by atoms with Crippen LogP contribution in [0.3, 0.4) is 0 Å². The molecule has 0 amide bonds. The summed E-state index contributed by atoms with van der Waals surface area (Å²) in [6.45, 7) is 7.24. The number of nitrogens with one attached hydrogen (secondary N) is 1. The molecule has 0 spiro atoms. The van der Waals surface area contributed by atoms with Gasteiger partial charge in [-0.05, 0) is 37.0 Å². The second-order valence-electron chi connectivity index (χ2n) is 4.22. The van der Waals surface area contributed by atoms with E-state index in [2.05, 4.69) is 50.4 Å². The van der Waals surface area contributed by atoms with Gasteiger partial charge in [0.2, 0.25) is 0 Å². The van der Waals surface area contributed by atoms with Crippen LogP contribution in [0.25, 0.3) is 0 Å². The van der Waals surface area contributed by atoms with Crippen LogP contribution in [0.15, 0.2) is 18.2 Å². The highest BCUT2D eigenvalue weighted by atomic mass is 14.9. The lowest BCUT2D eigenvalue weighted by Gasteiger charge is -2.16. The minimum Gasteiger partial charge on any atom is -0.309 e. The number of nitriles is 1. The predicted molar refractivity (Wildman–Crippen MR) is 67.1 cm³/mol. The second-order valence-corrected chi connectivity index (χ2v) is 4.22. The molecular weight excluding hydrogens is 196 g/mol. The molecule has 16 heavy (non-hydrogen) atoms. The molecule has 1 N–H and O–H groups in total. The molecule has 0 radical (unpaired) electrons. The monoisotopic (exact) mass is 216 g/mol. The summed E-state index contributed by atoms with van der Waals surface area (Å²) < 4.78 is 0. The molecule has 2 heteroatoms. The fourth-order valence-electron chi connectivity index (χ4n) is 1.85. The number of nitrogens with zero attached hydrogens (tertiary/aromatic N) is 1. The third-order valence-corrected chi connectivity index (χ3v) is 3.04. The zero-order valence-corrected chi connectivity index (χ0v) is 10.4. The average Bonchev–Trinajstić information content (AvgIpc) is 2.27. The van der Waals surface area contributed by atoms with Crippen LogP contribution in [0.5, 0.6) is 0 Å². The Kier molecular flexibility index (Phi) is 5.01. The van der Waals surface area contributed by atoms with Crippen molar-refractivity contribution < 1.29 is 0 Å². The van der Waals surface area contributed by atoms with Crippen molar-refractivity contribution in [3.63, 3.8) is 0 Å². The summed E-state index contributed by atoms with van der Waals surface area (Å²) in [5.41, 5.74) is 4.00. The van der Waals surface area contributed by atoms with Crippen molar-refractivity contribution in [2.75, 3.05) is 0 Å². The van der Waals surface area contributed by atoms with E-state index < -0.39 is 0 Å². The molecule has 86 valence electrons. The van der Waals surface area contributed by atoms with Crippen LogP contribution in [0, 0.1) is 25.2 Å². The largest absolute Gasteiger partial charge is 0.309 e. The van der Waals surface area contributed by atoms with Crippen molar-refractivity contribution in [1.82, 2.24) is 5.32 Å². The van der Waals surface area contributed by atoms with E-state index in [0.29, 0.717) is 12.5 Å². The molecule has 0 fully saturated rings. The number of hydrogen-bond acceptors (Lipinski definition) is 2. The van der Waals surface area contributed by atoms with Gasteiger partial charge in [-0.25, -0.2) is 0 Å². The first kappa shape index (κ1) is 12.7. The third kappa shape index (κ3) is 3.36. The molecule has 1 rings (SSSR count). The van der Waals surface area contributed by atoms with E-state index in [1.807, 2.05) is 0 Å². The van der Waals surface area contributed by atoms with Crippen LogP contribution in [0.4, 0.5) is 0 Å². The molecule has 0 aliphatic heterocycles. The van der Waals surface area contributed by atoms with Crippen LogP contribution >= 0.6 is 0 Å². The molecule has 0 aliphatic rings. The van der Waals surface area contributed by atoms with Gasteiger partial charge in [-0.2, -0.15) is 5.26 Å². The van der Waals surface area contributed by atoms with Crippen molar-refractivity contribution in [2.45, 2.75) is 46.2 Å². The summed E-state index contributed by atoms with van der Waals surface area (Å²) in [5, 5.41) is 12.1. The Labute approximate surface area is 98.3 Å². The predicted octanol–water partition coefficient (Wildman–Crippen LogP) is 3.09. The fraction of sp³-hybridized carbons (Fsp3) is 0.500. The van der Waals surface area contributed by atoms with Crippen molar-refractivity contribution in [1.29, 1.82) is 5.26 Å². The lowest BCUT2D eigenvalue weighted by molar-refractivity contribution is 0.503. The van der Waals surface area contributed by atoms with E-state index in [-0.39, 0.29) is 0 Å². The Morgan fingerprint density at radius 2 is 1.94 bits per heavy atom. The first-order chi connectivity index (χ1) is 7.69. The highest BCUT2D eigenvalue weighted by molar-refractivity contribution is 5.33. The van der Waals surface area contributed by atoms with Gasteiger partial charge in [-0.1, -0.05) is 25.1 Å². The quantitative estimate of drug-likeness (QED) is 0.821. The van der Waals surface area contributed by atoms with E-state index in [4.69, 9.17) is 5.26 Å². The Hall–Kier alpha value is -1.33. The van der Waals surface area contributed by atoms with E-state index in [1.54, 1.807) is 0 Å². The number of benzene rings is 1. The molecule has 0 heterocycles. The zero-order valence-electron chi connectivity index (χ0n) is 10.4. The lowest BCUT2D eigenvalue weighted by Crippen LogP contribution is -2.28. The molecular formula is C14H20N2. The molecule has 0 aliphatic carbocycles. The van der Waals surface area contributed by atoms with E-state index in [0.717, 1.165) is 13.0 Å². The lowest BCUT2D eigenvalue weighted by atomic mass is 10.0. The first-order valence-electron chi connectivity index (χ1n) is 5.84. The normalized spacial score (nSPS) is 12.1. The van der Waals surface area contributed by atoms with Crippen molar-refractivity contribution in [3.8, 4) is 6.07 Å². The minimum atomic E-state index is 0.309. The molecule has 0 saturated carbocycles. The maximum atomic E-state index is 8.68. The van der Waals surface area contributed by atoms with Crippen LogP contribution in [0.2, 0.25) is 0 Å². The highest BCUT2D eigenvalue weighted by Crippen LogP contribution is 2.13. The molecule has 1 unspecified atom stereocenters. The molecule has 2 nitrogen and oxygen atoms in total. The standard InChI is InChI=1S/C14H20N2/c1-4-13(8-9-15)16-10-14-11(2)6-5-7-12(14)3/h5-7,13,16H,4,8,10H2,1-3H3. The van der Waals surface area contributed by atoms with Crippen molar-refractivity contribution in [2.24, 2.45) is 0 Å². The van der Waals surface area contributed by atoms with Gasteiger partial charge < -0.3 is 5.32 Å². The van der Waals surface area contributed by atoms with Crippen LogP contribution in [-0.4, -0.2) is 6.04 Å². The fourth-order valence-corrected chi connectivity index (χ4v) is 1.85. The number of hydrogen-bond donors (Lipinski definition) is 1. The summed E-state index contributed by atoms with van der Waals surface area (Å²) in [6.07, 6.45) is 1.58. The van der Waals surface area contributed by atoms with Crippen LogP contribution in [-0.2, 0) is 6.54 Å². The summed E-state index contributed by atoms with van der Waals surface area (Å²) >= 11 is 0. The molecule has 0 saturated heterocycles. The zero-order chi connectivity index (χ0) is 12.0. The summed E-state index contributed by atoms with van der Waals surface area (Å²) in [7, 11) is 0. The van der Waals surface area contributed by atoms with Crippen LogP contribution in [0.1, 0.15) is 36.5 Å². The van der Waals surface area contributed by atoms with Gasteiger partial charge in [0, 0.05) is 12.6 Å². The molecule has 1 atom stereocenters. The highest BCUT2D eigenvalue weighted by Gasteiger charge is 2.07. The van der Waals surface area contributed by atoms with E-state index in [1.165, 1.54) is 16.7 Å². The molecule has 0 aromatic heterocycles. The number of aryl methyl sites for hydroxylation is 2.